The summed E-state index contributed by atoms with van der Waals surface area (Å²) in [5.74, 6) is 0. The number of aryl methyl sites for hydroxylation is 2. The summed E-state index contributed by atoms with van der Waals surface area (Å²) in [6.45, 7) is 4.34. The largest absolute Gasteiger partial charge is 0.245 e. The van der Waals surface area contributed by atoms with Gasteiger partial charge >= 0.3 is 0 Å². The van der Waals surface area contributed by atoms with Gasteiger partial charge in [0.2, 0.25) is 0 Å². The van der Waals surface area contributed by atoms with Gasteiger partial charge in [-0.3, -0.25) is 0 Å². The fraction of sp³-hybridized carbons (Fsp3) is 0.0400. The molecule has 0 bridgehead atoms. The molecule has 1 aliphatic rings. The minimum Gasteiger partial charge on any atom is -0.245 e. The van der Waals surface area contributed by atoms with Gasteiger partial charge in [0.05, 0.1) is 22.8 Å². The summed E-state index contributed by atoms with van der Waals surface area (Å²) in [7, 11) is 0. The lowest BCUT2D eigenvalue weighted by Crippen LogP contribution is -2.11. The third-order valence-electron chi connectivity index (χ3n) is 9.93. The van der Waals surface area contributed by atoms with E-state index in [9.17, 15) is 0 Å². The second-order valence-electron chi connectivity index (χ2n) is 13.5. The van der Waals surface area contributed by atoms with E-state index in [0.29, 0.717) is 0 Å². The first-order valence-electron chi connectivity index (χ1n) is 17.8. The lowest BCUT2D eigenvalue weighted by molar-refractivity contribution is 1.41. The molecule has 0 radical (unpaired) electrons. The Morgan fingerprint density at radius 1 is 0.308 bits per heavy atom. The molecule has 0 N–H and O–H groups in total. The van der Waals surface area contributed by atoms with Crippen LogP contribution >= 0.6 is 0 Å². The van der Waals surface area contributed by atoms with Crippen molar-refractivity contribution in [2.45, 2.75) is 13.8 Å². The van der Waals surface area contributed by atoms with Gasteiger partial charge in [0, 0.05) is 38.8 Å². The van der Waals surface area contributed by atoms with Gasteiger partial charge in [-0.2, -0.15) is 0 Å². The van der Waals surface area contributed by atoms with Crippen molar-refractivity contribution in [2.75, 3.05) is 0 Å². The van der Waals surface area contributed by atoms with Crippen LogP contribution in [0.25, 0.3) is 55.3 Å². The van der Waals surface area contributed by atoms with Crippen LogP contribution in [-0.4, -0.2) is 11.4 Å². The fourth-order valence-corrected chi connectivity index (χ4v) is 7.59. The highest BCUT2D eigenvalue weighted by Gasteiger charge is 2.29. The molecule has 0 fully saturated rings. The summed E-state index contributed by atoms with van der Waals surface area (Å²) >= 11 is 0. The van der Waals surface area contributed by atoms with Crippen molar-refractivity contribution in [2.24, 2.45) is 9.98 Å². The fourth-order valence-electron chi connectivity index (χ4n) is 7.59. The second-order valence-corrected chi connectivity index (χ2v) is 13.5. The highest BCUT2D eigenvalue weighted by molar-refractivity contribution is 6.61. The Labute approximate surface area is 305 Å². The average Bonchev–Trinajstić information content (AvgIpc) is 3.49. The van der Waals surface area contributed by atoms with Gasteiger partial charge < -0.3 is 0 Å². The molecule has 8 aromatic rings. The van der Waals surface area contributed by atoms with Gasteiger partial charge in [-0.05, 0) is 76.9 Å². The van der Waals surface area contributed by atoms with E-state index in [1.807, 2.05) is 0 Å². The monoisotopic (exact) mass is 664 g/mol. The SMILES string of the molecule is Cc1cc(-c2ccccc2)c(N=C2C(=Nc3c(-c4ccccc4)cc(C)cc3-c3ccccc3)c3cccc4cccc2c34)c(-c2ccccc2)c1. The Morgan fingerprint density at radius 2 is 0.615 bits per heavy atom. The number of aliphatic imine (C=N–C) groups is 2. The number of hydrogen-bond acceptors (Lipinski definition) is 2. The Kier molecular flexibility index (Phi) is 7.98. The summed E-state index contributed by atoms with van der Waals surface area (Å²) in [5.41, 5.74) is 17.1. The average molecular weight is 665 g/mol. The molecule has 0 heterocycles. The predicted octanol–water partition coefficient (Wildman–Crippen LogP) is 13.4. The van der Waals surface area contributed by atoms with Crippen LogP contribution in [0.2, 0.25) is 0 Å². The summed E-state index contributed by atoms with van der Waals surface area (Å²) in [6.07, 6.45) is 0. The molecular weight excluding hydrogens is 629 g/mol. The van der Waals surface area contributed by atoms with Crippen LogP contribution in [0.5, 0.6) is 0 Å². The van der Waals surface area contributed by atoms with Crippen molar-refractivity contribution in [1.82, 2.24) is 0 Å². The van der Waals surface area contributed by atoms with E-state index in [1.54, 1.807) is 0 Å². The van der Waals surface area contributed by atoms with Crippen molar-refractivity contribution in [3.8, 4) is 44.5 Å². The first-order valence-corrected chi connectivity index (χ1v) is 17.8. The van der Waals surface area contributed by atoms with E-state index in [4.69, 9.17) is 9.98 Å². The van der Waals surface area contributed by atoms with Gasteiger partial charge in [0.1, 0.15) is 0 Å². The lowest BCUT2D eigenvalue weighted by atomic mass is 9.93. The zero-order valence-corrected chi connectivity index (χ0v) is 29.2. The molecule has 0 saturated carbocycles. The lowest BCUT2D eigenvalue weighted by Gasteiger charge is -2.17. The molecule has 246 valence electrons. The molecule has 0 saturated heterocycles. The first-order chi connectivity index (χ1) is 25.6. The molecule has 0 amide bonds. The van der Waals surface area contributed by atoms with Gasteiger partial charge in [0.15, 0.2) is 0 Å². The van der Waals surface area contributed by atoms with E-state index in [-0.39, 0.29) is 0 Å². The molecule has 0 unspecified atom stereocenters. The molecule has 2 nitrogen and oxygen atoms in total. The smallest absolute Gasteiger partial charge is 0.0979 e. The Hall–Kier alpha value is -6.64. The van der Waals surface area contributed by atoms with Crippen molar-refractivity contribution >= 4 is 33.6 Å². The molecule has 0 atom stereocenters. The number of rotatable bonds is 6. The molecule has 0 aliphatic heterocycles. The molecule has 0 spiro atoms. The summed E-state index contributed by atoms with van der Waals surface area (Å²) in [4.78, 5) is 11.6. The topological polar surface area (TPSA) is 24.7 Å². The van der Waals surface area contributed by atoms with Crippen LogP contribution in [0.15, 0.2) is 192 Å². The molecule has 2 heteroatoms. The molecule has 1 aliphatic carbocycles. The summed E-state index contributed by atoms with van der Waals surface area (Å²) in [5, 5.41) is 2.37. The quantitative estimate of drug-likeness (QED) is 0.169. The third-order valence-corrected chi connectivity index (χ3v) is 9.93. The van der Waals surface area contributed by atoms with E-state index in [0.717, 1.165) is 78.4 Å². The number of benzene rings is 8. The first kappa shape index (κ1) is 31.3. The van der Waals surface area contributed by atoms with Crippen LogP contribution < -0.4 is 0 Å². The maximum absolute atomic E-state index is 5.78. The standard InChI is InChI=1S/C50H36N2/c1-33-29-42(35-17-7-3-8-18-35)47(43(30-33)36-19-9-4-10-20-36)51-49-40-27-15-25-39-26-16-28-41(46(39)40)50(49)52-48-44(37-21-11-5-12-22-37)31-34(2)32-45(48)38-23-13-6-14-24-38/h3-32H,1-2H3. The minimum absolute atomic E-state index is 0.878. The van der Waals surface area contributed by atoms with E-state index in [1.165, 1.54) is 21.9 Å². The van der Waals surface area contributed by atoms with Gasteiger partial charge in [-0.15, -0.1) is 0 Å². The molecule has 9 rings (SSSR count). The van der Waals surface area contributed by atoms with Crippen molar-refractivity contribution in [3.05, 3.63) is 204 Å². The van der Waals surface area contributed by atoms with E-state index in [2.05, 4.69) is 196 Å². The Bertz CT molecular complexity index is 2350. The molecule has 0 aromatic heterocycles. The summed E-state index contributed by atoms with van der Waals surface area (Å²) in [6, 6.07) is 64.6. The van der Waals surface area contributed by atoms with Crippen molar-refractivity contribution < 1.29 is 0 Å². The van der Waals surface area contributed by atoms with Gasteiger partial charge in [0.25, 0.3) is 0 Å². The zero-order chi connectivity index (χ0) is 35.0. The van der Waals surface area contributed by atoms with Crippen LogP contribution in [0.4, 0.5) is 11.4 Å². The van der Waals surface area contributed by atoms with Crippen LogP contribution in [0, 0.1) is 13.8 Å². The van der Waals surface area contributed by atoms with Crippen LogP contribution in [-0.2, 0) is 0 Å². The van der Waals surface area contributed by atoms with E-state index < -0.39 is 0 Å². The normalized spacial score (nSPS) is 13.7. The van der Waals surface area contributed by atoms with Crippen LogP contribution in [0.3, 0.4) is 0 Å². The van der Waals surface area contributed by atoms with Gasteiger partial charge in [-0.25, -0.2) is 9.98 Å². The maximum Gasteiger partial charge on any atom is 0.0979 e. The summed E-state index contributed by atoms with van der Waals surface area (Å²) < 4.78 is 0. The third kappa shape index (κ3) is 5.65. The minimum atomic E-state index is 0.878. The second kappa shape index (κ2) is 13.2. The zero-order valence-electron chi connectivity index (χ0n) is 29.2. The molecular formula is C50H36N2. The Balaban J connectivity index is 1.39. The number of hydrogen-bond donors (Lipinski definition) is 0. The molecule has 52 heavy (non-hydrogen) atoms. The highest BCUT2D eigenvalue weighted by atomic mass is 14.8. The van der Waals surface area contributed by atoms with Crippen molar-refractivity contribution in [1.29, 1.82) is 0 Å². The van der Waals surface area contributed by atoms with Crippen LogP contribution in [0.1, 0.15) is 22.3 Å². The van der Waals surface area contributed by atoms with E-state index >= 15 is 0 Å². The van der Waals surface area contributed by atoms with Gasteiger partial charge in [-0.1, -0.05) is 158 Å². The number of nitrogens with zero attached hydrogens (tertiary/aromatic N) is 2. The highest BCUT2D eigenvalue weighted by Crippen LogP contribution is 2.45. The predicted molar refractivity (Wildman–Crippen MR) is 220 cm³/mol. The molecule has 8 aromatic carbocycles. The van der Waals surface area contributed by atoms with Crippen molar-refractivity contribution in [3.63, 3.8) is 0 Å². The maximum atomic E-state index is 5.78. The Morgan fingerprint density at radius 3 is 0.923 bits per heavy atom.